The number of hydrogen-bond acceptors (Lipinski definition) is 12. The summed E-state index contributed by atoms with van der Waals surface area (Å²) in [5, 5.41) is 0. The first-order valence-corrected chi connectivity index (χ1v) is 31.8. The predicted molar refractivity (Wildman–Crippen MR) is 317 cm³/mol. The summed E-state index contributed by atoms with van der Waals surface area (Å²) < 4.78 is 21.6. The summed E-state index contributed by atoms with van der Waals surface area (Å²) in [5.41, 5.74) is 4.31. The van der Waals surface area contributed by atoms with E-state index in [4.69, 9.17) is 18.9 Å². The SMILES string of the molecule is CCCC1CCC(c2ncc(COC)cn2)CC1.CCCC1CCC(c2ncc(COCC)cn2)CC1.CCCCOCc1cnc(C2CCC(CCC)CC2)nc1.CCCOCc1cnc(C2CCC(CCC)CC2)nc1. The van der Waals surface area contributed by atoms with E-state index >= 15 is 0 Å². The molecule has 4 saturated carbocycles. The van der Waals surface area contributed by atoms with Crippen LogP contribution in [0.3, 0.4) is 0 Å². The van der Waals surface area contributed by atoms with E-state index in [0.717, 1.165) is 102 Å². The third-order valence-electron chi connectivity index (χ3n) is 16.8. The minimum absolute atomic E-state index is 0.577. The second kappa shape index (κ2) is 39.5. The van der Waals surface area contributed by atoms with Crippen LogP contribution in [-0.2, 0) is 45.4 Å². The minimum Gasteiger partial charge on any atom is -0.380 e. The zero-order valence-corrected chi connectivity index (χ0v) is 50.5. The summed E-state index contributed by atoms with van der Waals surface area (Å²) in [6, 6.07) is 0. The lowest BCUT2D eigenvalue weighted by Crippen LogP contribution is -2.15. The Kier molecular flexibility index (Phi) is 32.9. The molecule has 0 atom stereocenters. The van der Waals surface area contributed by atoms with Gasteiger partial charge in [-0.25, -0.2) is 39.9 Å². The standard InChI is InChI=1S/C18H30N2O.C17H28N2O.C16H26N2O.C15H24N2O/c1-3-5-11-21-14-16-12-19-18(20-13-16)17-9-7-15(6-4-2)8-10-17;1-3-5-14-6-8-16(9-7-14)17-18-11-15(12-19-17)13-20-10-4-2;1-3-5-13-6-8-15(9-7-13)16-17-10-14(11-18-16)12-19-4-2;1-3-4-12-5-7-14(8-6-12)15-16-9-13(10-17-15)11-18-2/h12-13,15,17H,3-11,14H2,1-2H3;11-12,14,16H,3-10,13H2,1-2H3;10-11,13,15H,3-9,12H2,1-2H3;9-10,12,14H,3-8,11H2,1-2H3. The Hall–Kier alpha value is -3.84. The van der Waals surface area contributed by atoms with Crippen molar-refractivity contribution >= 4 is 0 Å². The van der Waals surface area contributed by atoms with Crippen LogP contribution in [0.15, 0.2) is 49.6 Å². The molecule has 4 heterocycles. The Morgan fingerprint density at radius 3 is 0.833 bits per heavy atom. The summed E-state index contributed by atoms with van der Waals surface area (Å²) in [6.45, 7) is 20.3. The van der Waals surface area contributed by atoms with Gasteiger partial charge in [-0.3, -0.25) is 0 Å². The molecule has 8 rings (SSSR count). The molecule has 0 spiro atoms. The van der Waals surface area contributed by atoms with E-state index in [9.17, 15) is 0 Å². The Morgan fingerprint density at radius 2 is 0.590 bits per heavy atom. The maximum absolute atomic E-state index is 5.61. The smallest absolute Gasteiger partial charge is 0.131 e. The van der Waals surface area contributed by atoms with E-state index in [-0.39, 0.29) is 0 Å². The van der Waals surface area contributed by atoms with Crippen molar-refractivity contribution in [3.8, 4) is 0 Å². The number of hydrogen-bond donors (Lipinski definition) is 0. The zero-order valence-electron chi connectivity index (χ0n) is 50.5. The Morgan fingerprint density at radius 1 is 0.321 bits per heavy atom. The third kappa shape index (κ3) is 24.5. The van der Waals surface area contributed by atoms with Crippen LogP contribution in [0, 0.1) is 23.7 Å². The molecule has 4 aromatic rings. The van der Waals surface area contributed by atoms with Crippen LogP contribution >= 0.6 is 0 Å². The quantitative estimate of drug-likeness (QED) is 0.0553. The summed E-state index contributed by atoms with van der Waals surface area (Å²) in [6.07, 6.45) is 50.5. The maximum atomic E-state index is 5.61. The highest BCUT2D eigenvalue weighted by Crippen LogP contribution is 2.39. The Labute approximate surface area is 474 Å². The van der Waals surface area contributed by atoms with Crippen LogP contribution in [0.2, 0.25) is 0 Å². The van der Waals surface area contributed by atoms with Gasteiger partial charge >= 0.3 is 0 Å². The van der Waals surface area contributed by atoms with Crippen molar-refractivity contribution in [1.29, 1.82) is 0 Å². The summed E-state index contributed by atoms with van der Waals surface area (Å²) in [7, 11) is 1.70. The van der Waals surface area contributed by atoms with Crippen LogP contribution in [0.5, 0.6) is 0 Å². The average molecular weight is 1080 g/mol. The fraction of sp³-hybridized carbons (Fsp3) is 0.758. The normalized spacial score (nSPS) is 23.2. The number of nitrogens with zero attached hydrogens (tertiary/aromatic N) is 8. The molecule has 4 fully saturated rings. The van der Waals surface area contributed by atoms with Gasteiger partial charge in [-0.15, -0.1) is 0 Å². The lowest BCUT2D eigenvalue weighted by Gasteiger charge is -2.27. The molecule has 0 amide bonds. The van der Waals surface area contributed by atoms with Crippen molar-refractivity contribution in [2.24, 2.45) is 23.7 Å². The van der Waals surface area contributed by atoms with Gasteiger partial charge in [0.1, 0.15) is 23.3 Å². The van der Waals surface area contributed by atoms with E-state index in [0.29, 0.717) is 50.1 Å². The van der Waals surface area contributed by atoms with Gasteiger partial charge in [-0.1, -0.05) is 99.3 Å². The van der Waals surface area contributed by atoms with E-state index in [1.807, 2.05) is 56.5 Å². The summed E-state index contributed by atoms with van der Waals surface area (Å²) in [5.74, 6) is 10.2. The van der Waals surface area contributed by atoms with Crippen molar-refractivity contribution in [3.05, 3.63) is 95.1 Å². The van der Waals surface area contributed by atoms with Gasteiger partial charge in [0.15, 0.2) is 0 Å². The molecule has 12 nitrogen and oxygen atoms in total. The van der Waals surface area contributed by atoms with Crippen LogP contribution in [0.1, 0.15) is 291 Å². The second-order valence-electron chi connectivity index (χ2n) is 23.4. The molecule has 4 aromatic heterocycles. The first-order valence-electron chi connectivity index (χ1n) is 31.8. The predicted octanol–water partition coefficient (Wildman–Crippen LogP) is 17.1. The maximum Gasteiger partial charge on any atom is 0.131 e. The molecule has 0 N–H and O–H groups in total. The van der Waals surface area contributed by atoms with Crippen molar-refractivity contribution < 1.29 is 18.9 Å². The number of unbranched alkanes of at least 4 members (excludes halogenated alkanes) is 1. The van der Waals surface area contributed by atoms with E-state index in [1.165, 1.54) is 161 Å². The molecule has 0 unspecified atom stereocenters. The second-order valence-corrected chi connectivity index (χ2v) is 23.4. The minimum atomic E-state index is 0.577. The first-order chi connectivity index (χ1) is 38.3. The van der Waals surface area contributed by atoms with E-state index in [1.54, 1.807) is 7.11 Å². The van der Waals surface area contributed by atoms with Gasteiger partial charge in [0, 0.05) is 122 Å². The lowest BCUT2D eigenvalue weighted by atomic mass is 9.80. The number of methoxy groups -OCH3 is 1. The molecule has 0 aliphatic heterocycles. The molecule has 0 bridgehead atoms. The molecule has 12 heteroatoms. The van der Waals surface area contributed by atoms with Crippen molar-refractivity contribution in [1.82, 2.24) is 39.9 Å². The molecule has 436 valence electrons. The molecule has 0 saturated heterocycles. The van der Waals surface area contributed by atoms with Crippen LogP contribution in [-0.4, -0.2) is 66.8 Å². The van der Waals surface area contributed by atoms with Gasteiger partial charge in [0.2, 0.25) is 0 Å². The Bertz CT molecular complexity index is 2050. The Balaban J connectivity index is 0.000000192. The lowest BCUT2D eigenvalue weighted by molar-refractivity contribution is 0.117. The molecule has 4 aliphatic carbocycles. The number of aromatic nitrogens is 8. The first kappa shape index (κ1) is 65.0. The fourth-order valence-corrected chi connectivity index (χ4v) is 12.2. The monoisotopic (exact) mass is 1080 g/mol. The third-order valence-corrected chi connectivity index (χ3v) is 16.8. The molecular weight excluding hydrogens is 969 g/mol. The number of rotatable bonds is 26. The van der Waals surface area contributed by atoms with Crippen LogP contribution < -0.4 is 0 Å². The highest BCUT2D eigenvalue weighted by atomic mass is 16.5. The number of ether oxygens (including phenoxy) is 4. The highest BCUT2D eigenvalue weighted by molar-refractivity contribution is 5.10. The van der Waals surface area contributed by atoms with Crippen molar-refractivity contribution in [2.75, 3.05) is 26.9 Å². The molecule has 0 radical (unpaired) electrons. The average Bonchev–Trinajstić information content (AvgIpc) is 3.49. The van der Waals surface area contributed by atoms with Gasteiger partial charge in [0.25, 0.3) is 0 Å². The highest BCUT2D eigenvalue weighted by Gasteiger charge is 2.27. The topological polar surface area (TPSA) is 140 Å². The fourth-order valence-electron chi connectivity index (χ4n) is 12.2. The van der Waals surface area contributed by atoms with Gasteiger partial charge in [-0.05, 0) is 146 Å². The molecule has 0 aromatic carbocycles. The molecular formula is C66H108N8O4. The van der Waals surface area contributed by atoms with E-state index in [2.05, 4.69) is 81.4 Å². The molecule has 4 aliphatic rings. The van der Waals surface area contributed by atoms with Gasteiger partial charge in [-0.2, -0.15) is 0 Å². The zero-order chi connectivity index (χ0) is 55.4. The largest absolute Gasteiger partial charge is 0.380 e. The van der Waals surface area contributed by atoms with Crippen molar-refractivity contribution in [2.45, 2.75) is 272 Å². The van der Waals surface area contributed by atoms with Gasteiger partial charge in [0.05, 0.1) is 26.4 Å². The molecule has 78 heavy (non-hydrogen) atoms. The van der Waals surface area contributed by atoms with E-state index < -0.39 is 0 Å². The summed E-state index contributed by atoms with van der Waals surface area (Å²) >= 11 is 0. The van der Waals surface area contributed by atoms with Crippen LogP contribution in [0.25, 0.3) is 0 Å². The van der Waals surface area contributed by atoms with Crippen molar-refractivity contribution in [3.63, 3.8) is 0 Å². The van der Waals surface area contributed by atoms with Crippen LogP contribution in [0.4, 0.5) is 0 Å². The summed E-state index contributed by atoms with van der Waals surface area (Å²) in [4.78, 5) is 36.4. The van der Waals surface area contributed by atoms with Gasteiger partial charge < -0.3 is 18.9 Å².